The second-order valence-corrected chi connectivity index (χ2v) is 7.66. The smallest absolute Gasteiger partial charge is 0.160 e. The van der Waals surface area contributed by atoms with Crippen LogP contribution in [0.5, 0.6) is 23.0 Å². The fraction of sp³-hybridized carbons (Fsp3) is 0.125. The number of alkyl halides is 1. The molecule has 0 fully saturated rings. The zero-order chi connectivity index (χ0) is 15.5. The molecule has 114 valence electrons. The summed E-state index contributed by atoms with van der Waals surface area (Å²) < 4.78 is 13.4. The summed E-state index contributed by atoms with van der Waals surface area (Å²) in [7, 11) is 0. The van der Waals surface area contributed by atoms with Gasteiger partial charge in [0, 0.05) is 15.4 Å². The number of benzene rings is 2. The predicted molar refractivity (Wildman–Crippen MR) is 97.0 cm³/mol. The summed E-state index contributed by atoms with van der Waals surface area (Å²) in [5, 5.41) is 11.3. The topological polar surface area (TPSA) is 38.7 Å². The van der Waals surface area contributed by atoms with Crippen LogP contribution >= 0.6 is 43.2 Å². The van der Waals surface area contributed by atoms with Gasteiger partial charge < -0.3 is 14.6 Å². The Labute approximate surface area is 148 Å². The Hall–Kier alpha value is -1.24. The first-order valence-corrected chi connectivity index (χ1v) is 9.28. The second-order valence-electron chi connectivity index (χ2n) is 4.50. The number of aromatic hydroxyl groups is 1. The molecule has 22 heavy (non-hydrogen) atoms. The third kappa shape index (κ3) is 3.39. The van der Waals surface area contributed by atoms with Crippen LogP contribution in [-0.4, -0.2) is 17.0 Å². The van der Waals surface area contributed by atoms with Gasteiger partial charge in [-0.1, -0.05) is 15.9 Å². The van der Waals surface area contributed by atoms with Gasteiger partial charge in [-0.3, -0.25) is 0 Å². The number of ether oxygens (including phenoxy) is 2. The van der Waals surface area contributed by atoms with Crippen molar-refractivity contribution in [3.63, 3.8) is 0 Å². The van der Waals surface area contributed by atoms with Gasteiger partial charge in [-0.25, -0.2) is 0 Å². The molecule has 1 N–H and O–H groups in total. The summed E-state index contributed by atoms with van der Waals surface area (Å²) in [6.45, 7) is 0.629. The van der Waals surface area contributed by atoms with Crippen LogP contribution in [0.2, 0.25) is 0 Å². The number of hydrogen-bond acceptors (Lipinski definition) is 4. The van der Waals surface area contributed by atoms with Gasteiger partial charge in [0.2, 0.25) is 0 Å². The summed E-state index contributed by atoms with van der Waals surface area (Å²) in [6, 6.07) is 12.8. The lowest BCUT2D eigenvalue weighted by Gasteiger charge is -2.07. The molecule has 0 radical (unpaired) electrons. The van der Waals surface area contributed by atoms with E-state index in [0.29, 0.717) is 6.61 Å². The van der Waals surface area contributed by atoms with Crippen LogP contribution in [-0.2, 0) is 0 Å². The highest BCUT2D eigenvalue weighted by atomic mass is 79.9. The molecule has 1 heterocycles. The van der Waals surface area contributed by atoms with E-state index < -0.39 is 0 Å². The molecule has 0 atom stereocenters. The highest BCUT2D eigenvalue weighted by Crippen LogP contribution is 2.44. The SMILES string of the molecule is Oc1ccc2c(Oc3ccc(OCCBr)cc3)c(Br)sc2c1. The maximum Gasteiger partial charge on any atom is 0.160 e. The van der Waals surface area contributed by atoms with Crippen molar-refractivity contribution in [1.29, 1.82) is 0 Å². The average molecular weight is 444 g/mol. The van der Waals surface area contributed by atoms with E-state index in [1.165, 1.54) is 11.3 Å². The first-order chi connectivity index (χ1) is 10.7. The number of phenols is 1. The van der Waals surface area contributed by atoms with Crippen LogP contribution in [0.4, 0.5) is 0 Å². The van der Waals surface area contributed by atoms with Gasteiger partial charge >= 0.3 is 0 Å². The molecule has 0 aliphatic rings. The summed E-state index contributed by atoms with van der Waals surface area (Å²) >= 11 is 8.38. The van der Waals surface area contributed by atoms with Crippen LogP contribution in [0.25, 0.3) is 10.1 Å². The fourth-order valence-corrected chi connectivity index (χ4v) is 3.87. The van der Waals surface area contributed by atoms with Crippen LogP contribution in [0.1, 0.15) is 0 Å². The number of phenolic OH excluding ortho intramolecular Hbond substituents is 1. The standard InChI is InChI=1S/C16H12Br2O3S/c17-7-8-20-11-2-4-12(5-3-11)21-15-13-6-1-10(19)9-14(13)22-16(15)18/h1-6,9,19H,7-8H2. The first-order valence-electron chi connectivity index (χ1n) is 6.55. The molecule has 0 amide bonds. The van der Waals surface area contributed by atoms with Gasteiger partial charge in [0.1, 0.15) is 21.0 Å². The lowest BCUT2D eigenvalue weighted by Crippen LogP contribution is -1.97. The summed E-state index contributed by atoms with van der Waals surface area (Å²) in [6.07, 6.45) is 0. The minimum Gasteiger partial charge on any atom is -0.508 e. The molecule has 2 aromatic carbocycles. The van der Waals surface area contributed by atoms with Crippen LogP contribution < -0.4 is 9.47 Å². The molecule has 0 aliphatic heterocycles. The molecule has 0 bridgehead atoms. The van der Waals surface area contributed by atoms with E-state index in [-0.39, 0.29) is 5.75 Å². The Balaban J connectivity index is 1.85. The van der Waals surface area contributed by atoms with Gasteiger partial charge in [0.05, 0.1) is 6.61 Å². The van der Waals surface area contributed by atoms with E-state index in [1.54, 1.807) is 12.1 Å². The average Bonchev–Trinajstić information content (AvgIpc) is 2.81. The van der Waals surface area contributed by atoms with Crippen LogP contribution in [0.3, 0.4) is 0 Å². The first kappa shape index (κ1) is 15.6. The number of fused-ring (bicyclic) bond motifs is 1. The summed E-state index contributed by atoms with van der Waals surface area (Å²) in [4.78, 5) is 0. The van der Waals surface area contributed by atoms with E-state index >= 15 is 0 Å². The lowest BCUT2D eigenvalue weighted by atomic mass is 10.2. The molecule has 0 saturated heterocycles. The van der Waals surface area contributed by atoms with Crippen LogP contribution in [0.15, 0.2) is 46.3 Å². The van der Waals surface area contributed by atoms with E-state index in [4.69, 9.17) is 9.47 Å². The molecule has 0 spiro atoms. The molecule has 0 unspecified atom stereocenters. The third-order valence-electron chi connectivity index (χ3n) is 2.98. The Kier molecular flexibility index (Phi) is 4.90. The maximum absolute atomic E-state index is 9.55. The summed E-state index contributed by atoms with van der Waals surface area (Å²) in [5.74, 6) is 2.56. The number of rotatable bonds is 5. The molecule has 3 nitrogen and oxygen atoms in total. The zero-order valence-corrected chi connectivity index (χ0v) is 15.4. The zero-order valence-electron chi connectivity index (χ0n) is 11.4. The van der Waals surface area contributed by atoms with Crippen molar-refractivity contribution >= 4 is 53.3 Å². The van der Waals surface area contributed by atoms with Crippen molar-refractivity contribution in [3.8, 4) is 23.0 Å². The van der Waals surface area contributed by atoms with E-state index in [0.717, 1.165) is 36.5 Å². The van der Waals surface area contributed by atoms with Gasteiger partial charge in [-0.2, -0.15) is 0 Å². The second kappa shape index (κ2) is 6.89. The Morgan fingerprint density at radius 2 is 1.77 bits per heavy atom. The van der Waals surface area contributed by atoms with Crippen molar-refractivity contribution in [2.24, 2.45) is 0 Å². The molecule has 3 rings (SSSR count). The van der Waals surface area contributed by atoms with Gasteiger partial charge in [-0.05, 0) is 58.4 Å². The Morgan fingerprint density at radius 3 is 2.50 bits per heavy atom. The molecule has 0 aliphatic carbocycles. The van der Waals surface area contributed by atoms with Crippen molar-refractivity contribution in [1.82, 2.24) is 0 Å². The monoisotopic (exact) mass is 442 g/mol. The molecular weight excluding hydrogens is 432 g/mol. The normalized spacial score (nSPS) is 10.8. The third-order valence-corrected chi connectivity index (χ3v) is 5.07. The molecule has 3 aromatic rings. The summed E-state index contributed by atoms with van der Waals surface area (Å²) in [5.41, 5.74) is 0. The van der Waals surface area contributed by atoms with Gasteiger partial charge in [-0.15, -0.1) is 11.3 Å². The fourth-order valence-electron chi connectivity index (χ4n) is 2.01. The highest BCUT2D eigenvalue weighted by molar-refractivity contribution is 9.11. The van der Waals surface area contributed by atoms with Crippen molar-refractivity contribution in [3.05, 3.63) is 46.3 Å². The number of halogens is 2. The Morgan fingerprint density at radius 1 is 1.05 bits per heavy atom. The van der Waals surface area contributed by atoms with Gasteiger partial charge in [0.25, 0.3) is 0 Å². The van der Waals surface area contributed by atoms with Crippen molar-refractivity contribution in [2.75, 3.05) is 11.9 Å². The Bertz CT molecular complexity index is 784. The molecule has 6 heteroatoms. The minimum atomic E-state index is 0.251. The number of hydrogen-bond donors (Lipinski definition) is 1. The lowest BCUT2D eigenvalue weighted by molar-refractivity contribution is 0.344. The van der Waals surface area contributed by atoms with E-state index in [9.17, 15) is 5.11 Å². The van der Waals surface area contributed by atoms with E-state index in [1.807, 2.05) is 30.3 Å². The predicted octanol–water partition coefficient (Wildman–Crippen LogP) is 5.94. The molecular formula is C16H12Br2O3S. The van der Waals surface area contributed by atoms with Crippen molar-refractivity contribution < 1.29 is 14.6 Å². The maximum atomic E-state index is 9.55. The van der Waals surface area contributed by atoms with Crippen LogP contribution in [0, 0.1) is 0 Å². The van der Waals surface area contributed by atoms with Crippen molar-refractivity contribution in [2.45, 2.75) is 0 Å². The molecule has 1 aromatic heterocycles. The minimum absolute atomic E-state index is 0.251. The van der Waals surface area contributed by atoms with E-state index in [2.05, 4.69) is 31.9 Å². The number of thiophene rings is 1. The highest BCUT2D eigenvalue weighted by Gasteiger charge is 2.13. The largest absolute Gasteiger partial charge is 0.508 e. The van der Waals surface area contributed by atoms with Gasteiger partial charge in [0.15, 0.2) is 5.75 Å². The molecule has 0 saturated carbocycles. The quantitative estimate of drug-likeness (QED) is 0.496.